The zero-order valence-electron chi connectivity index (χ0n) is 19.0. The fourth-order valence-electron chi connectivity index (χ4n) is 2.61. The minimum absolute atomic E-state index is 0.245. The Kier molecular flexibility index (Phi) is 12.2. The first kappa shape index (κ1) is 26.7. The molecule has 0 aromatic heterocycles. The molecule has 2 aromatic rings. The Labute approximate surface area is 195 Å². The monoisotopic (exact) mass is 451 g/mol. The van der Waals surface area contributed by atoms with E-state index in [0.29, 0.717) is 16.3 Å². The van der Waals surface area contributed by atoms with Gasteiger partial charge in [0, 0.05) is 16.3 Å². The minimum Gasteiger partial charge on any atom is -0.483 e. The van der Waals surface area contributed by atoms with Crippen molar-refractivity contribution in [2.45, 2.75) is 27.7 Å². The van der Waals surface area contributed by atoms with Gasteiger partial charge in [0.05, 0.1) is 5.56 Å². The van der Waals surface area contributed by atoms with Crippen molar-refractivity contribution in [2.24, 2.45) is 0 Å². The summed E-state index contributed by atoms with van der Waals surface area (Å²) in [7, 11) is 0. The molecule has 0 heterocycles. The smallest absolute Gasteiger partial charge is 0.262 e. The molecule has 1 N–H and O–H groups in total. The largest absolute Gasteiger partial charge is 0.483 e. The second kappa shape index (κ2) is 14.6. The van der Waals surface area contributed by atoms with E-state index in [1.54, 1.807) is 30.4 Å². The van der Waals surface area contributed by atoms with Crippen LogP contribution in [-0.4, -0.2) is 18.3 Å². The maximum absolute atomic E-state index is 13.1. The summed E-state index contributed by atoms with van der Waals surface area (Å²) in [6.07, 6.45) is 10.3. The topological polar surface area (TPSA) is 55.4 Å². The van der Waals surface area contributed by atoms with E-state index in [1.807, 2.05) is 64.1 Å². The zero-order chi connectivity index (χ0) is 23.9. The number of carbonyl (C=O) groups is 2. The molecule has 2 rings (SSSR count). The lowest BCUT2D eigenvalue weighted by molar-refractivity contribution is -0.118. The van der Waals surface area contributed by atoms with Crippen LogP contribution in [0.3, 0.4) is 0 Å². The van der Waals surface area contributed by atoms with E-state index in [1.165, 1.54) is 12.1 Å². The molecule has 0 unspecified atom stereocenters. The SMILES string of the molecule is C=C\C=C(/C=C\C=C/C)C(=O)c1cc(Cl)ccc1OCC(=O)Nc1ccccc1C.CC. The van der Waals surface area contributed by atoms with Gasteiger partial charge in [-0.3, -0.25) is 9.59 Å². The summed E-state index contributed by atoms with van der Waals surface area (Å²) >= 11 is 6.10. The van der Waals surface area contributed by atoms with Crippen LogP contribution in [0.15, 0.2) is 91.1 Å². The molecule has 0 aliphatic rings. The molecule has 0 bridgehead atoms. The van der Waals surface area contributed by atoms with Crippen molar-refractivity contribution in [1.29, 1.82) is 0 Å². The van der Waals surface area contributed by atoms with Crippen LogP contribution >= 0.6 is 11.6 Å². The van der Waals surface area contributed by atoms with E-state index in [4.69, 9.17) is 16.3 Å². The molecule has 0 radical (unpaired) electrons. The Balaban J connectivity index is 0.00000249. The van der Waals surface area contributed by atoms with Crippen LogP contribution in [0.25, 0.3) is 0 Å². The van der Waals surface area contributed by atoms with Gasteiger partial charge < -0.3 is 10.1 Å². The Bertz CT molecular complexity index is 1020. The fraction of sp³-hybridized carbons (Fsp3) is 0.185. The minimum atomic E-state index is -0.326. The molecule has 0 atom stereocenters. The van der Waals surface area contributed by atoms with Crippen LogP contribution in [0.1, 0.15) is 36.7 Å². The lowest BCUT2D eigenvalue weighted by atomic mass is 10.0. The molecule has 4 nitrogen and oxygen atoms in total. The first-order chi connectivity index (χ1) is 15.5. The van der Waals surface area contributed by atoms with Gasteiger partial charge in [0.2, 0.25) is 0 Å². The number of benzene rings is 2. The number of ketones is 1. The van der Waals surface area contributed by atoms with Gasteiger partial charge in [-0.2, -0.15) is 0 Å². The van der Waals surface area contributed by atoms with Gasteiger partial charge in [-0.1, -0.05) is 86.7 Å². The quantitative estimate of drug-likeness (QED) is 0.251. The summed E-state index contributed by atoms with van der Waals surface area (Å²) in [6, 6.07) is 12.2. The van der Waals surface area contributed by atoms with Crippen LogP contribution in [0.5, 0.6) is 5.75 Å². The molecular formula is C27H30ClNO3. The number of amides is 1. The third-order valence-corrected chi connectivity index (χ3v) is 4.34. The summed E-state index contributed by atoms with van der Waals surface area (Å²) < 4.78 is 5.66. The molecule has 168 valence electrons. The highest BCUT2D eigenvalue weighted by molar-refractivity contribution is 6.31. The molecular weight excluding hydrogens is 422 g/mol. The number of aryl methyl sites for hydroxylation is 1. The van der Waals surface area contributed by atoms with Crippen molar-refractivity contribution in [2.75, 3.05) is 11.9 Å². The van der Waals surface area contributed by atoms with Crippen molar-refractivity contribution in [3.05, 3.63) is 107 Å². The van der Waals surface area contributed by atoms with Gasteiger partial charge in [0.1, 0.15) is 5.75 Å². The maximum atomic E-state index is 13.1. The predicted molar refractivity (Wildman–Crippen MR) is 135 cm³/mol. The summed E-state index contributed by atoms with van der Waals surface area (Å²) in [5.41, 5.74) is 2.34. The molecule has 32 heavy (non-hydrogen) atoms. The fourth-order valence-corrected chi connectivity index (χ4v) is 2.78. The number of ether oxygens (including phenoxy) is 1. The van der Waals surface area contributed by atoms with Crippen LogP contribution in [-0.2, 0) is 4.79 Å². The van der Waals surface area contributed by atoms with Gasteiger partial charge in [0.25, 0.3) is 5.91 Å². The summed E-state index contributed by atoms with van der Waals surface area (Å²) in [5.74, 6) is -0.335. The van der Waals surface area contributed by atoms with Crippen LogP contribution in [0, 0.1) is 6.92 Å². The number of anilines is 1. The zero-order valence-corrected chi connectivity index (χ0v) is 19.8. The lowest BCUT2D eigenvalue weighted by Gasteiger charge is -2.13. The highest BCUT2D eigenvalue weighted by Gasteiger charge is 2.17. The number of carbonyl (C=O) groups excluding carboxylic acids is 2. The Hall–Kier alpha value is -3.37. The van der Waals surface area contributed by atoms with E-state index in [0.717, 1.165) is 5.56 Å². The van der Waals surface area contributed by atoms with Crippen molar-refractivity contribution in [1.82, 2.24) is 0 Å². The second-order valence-corrected chi connectivity index (χ2v) is 6.80. The van der Waals surface area contributed by atoms with Crippen molar-refractivity contribution in [3.63, 3.8) is 0 Å². The van der Waals surface area contributed by atoms with E-state index in [-0.39, 0.29) is 29.6 Å². The predicted octanol–water partition coefficient (Wildman–Crippen LogP) is 7.12. The summed E-state index contributed by atoms with van der Waals surface area (Å²) in [6.45, 7) is 11.2. The number of Topliss-reactive ketones (excluding diaryl/α,β-unsaturated/α-hetero) is 1. The van der Waals surface area contributed by atoms with E-state index in [2.05, 4.69) is 11.9 Å². The van der Waals surface area contributed by atoms with Gasteiger partial charge >= 0.3 is 0 Å². The third-order valence-electron chi connectivity index (χ3n) is 4.10. The van der Waals surface area contributed by atoms with E-state index < -0.39 is 0 Å². The highest BCUT2D eigenvalue weighted by atomic mass is 35.5. The molecule has 0 aliphatic heterocycles. The number of para-hydroxylation sites is 1. The highest BCUT2D eigenvalue weighted by Crippen LogP contribution is 2.26. The van der Waals surface area contributed by atoms with Crippen molar-refractivity contribution in [3.8, 4) is 5.75 Å². The first-order valence-corrected chi connectivity index (χ1v) is 10.8. The molecule has 0 spiro atoms. The van der Waals surface area contributed by atoms with E-state index >= 15 is 0 Å². The van der Waals surface area contributed by atoms with Gasteiger partial charge in [-0.25, -0.2) is 0 Å². The van der Waals surface area contributed by atoms with Gasteiger partial charge in [0.15, 0.2) is 12.4 Å². The van der Waals surface area contributed by atoms with Crippen LogP contribution in [0.2, 0.25) is 5.02 Å². The number of rotatable bonds is 9. The summed E-state index contributed by atoms with van der Waals surface area (Å²) in [5, 5.41) is 3.19. The molecule has 0 saturated heterocycles. The van der Waals surface area contributed by atoms with Gasteiger partial charge in [-0.15, -0.1) is 0 Å². The summed E-state index contributed by atoms with van der Waals surface area (Å²) in [4.78, 5) is 25.4. The molecule has 0 aliphatic carbocycles. The van der Waals surface area contributed by atoms with Crippen molar-refractivity contribution < 1.29 is 14.3 Å². The molecule has 0 saturated carbocycles. The maximum Gasteiger partial charge on any atom is 0.262 e. The Morgan fingerprint density at radius 2 is 1.84 bits per heavy atom. The standard InChI is InChI=1S/C25H24ClNO3.C2H6/c1-4-6-7-12-19(10-5-2)25(29)21-16-20(26)14-15-23(21)30-17-24(28)27-22-13-9-8-11-18(22)3;1-2/h4-16H,2,17H2,1,3H3,(H,27,28);1-2H3/b6-4-,12-7-,19-10+;. The van der Waals surface area contributed by atoms with Crippen LogP contribution in [0.4, 0.5) is 5.69 Å². The van der Waals surface area contributed by atoms with E-state index in [9.17, 15) is 9.59 Å². The molecule has 2 aromatic carbocycles. The van der Waals surface area contributed by atoms with Gasteiger partial charge in [-0.05, 0) is 43.7 Å². The normalized spacial score (nSPS) is 11.1. The average Bonchev–Trinajstić information content (AvgIpc) is 2.80. The third kappa shape index (κ3) is 8.40. The van der Waals surface area contributed by atoms with Crippen LogP contribution < -0.4 is 10.1 Å². The number of halogens is 1. The number of hydrogen-bond donors (Lipinski definition) is 1. The average molecular weight is 452 g/mol. The van der Waals surface area contributed by atoms with Crippen molar-refractivity contribution >= 4 is 29.0 Å². The first-order valence-electron chi connectivity index (χ1n) is 10.4. The lowest BCUT2D eigenvalue weighted by Crippen LogP contribution is -2.21. The number of hydrogen-bond acceptors (Lipinski definition) is 3. The Morgan fingerprint density at radius 3 is 2.50 bits per heavy atom. The second-order valence-electron chi connectivity index (χ2n) is 6.36. The number of nitrogens with one attached hydrogen (secondary N) is 1. The molecule has 0 fully saturated rings. The molecule has 5 heteroatoms. The Morgan fingerprint density at radius 1 is 1.12 bits per heavy atom. The molecule has 1 amide bonds. The number of allylic oxidation sites excluding steroid dienone is 7.